The summed E-state index contributed by atoms with van der Waals surface area (Å²) in [5.74, 6) is 0.755. The van der Waals surface area contributed by atoms with Crippen molar-refractivity contribution in [2.24, 2.45) is 5.92 Å². The summed E-state index contributed by atoms with van der Waals surface area (Å²) < 4.78 is 0. The second-order valence-electron chi connectivity index (χ2n) is 5.48. The number of anilines is 1. The molecule has 3 nitrogen and oxygen atoms in total. The van der Waals surface area contributed by atoms with Gasteiger partial charge in [0.1, 0.15) is 0 Å². The van der Waals surface area contributed by atoms with Crippen LogP contribution in [0, 0.1) is 5.92 Å². The largest absolute Gasteiger partial charge is 0.371 e. The molecule has 0 aliphatic carbocycles. The molecular weight excluding hydrogens is 260 g/mol. The highest BCUT2D eigenvalue weighted by molar-refractivity contribution is 6.33. The lowest BCUT2D eigenvalue weighted by Crippen LogP contribution is -2.37. The quantitative estimate of drug-likeness (QED) is 0.793. The van der Waals surface area contributed by atoms with Crippen molar-refractivity contribution in [3.05, 3.63) is 28.8 Å². The number of halogens is 1. The summed E-state index contributed by atoms with van der Waals surface area (Å²) in [5, 5.41) is 0.544. The number of rotatable bonds is 4. The molecule has 1 fully saturated rings. The second kappa shape index (κ2) is 6.40. The SMILES string of the molecule is CN(C)CC1CCN(c2cccc(Cl)c2C=O)CC1. The van der Waals surface area contributed by atoms with E-state index in [-0.39, 0.29) is 0 Å². The van der Waals surface area contributed by atoms with Gasteiger partial charge in [0, 0.05) is 25.3 Å². The van der Waals surface area contributed by atoms with Crippen molar-refractivity contribution in [3.63, 3.8) is 0 Å². The van der Waals surface area contributed by atoms with Crippen LogP contribution in [0.2, 0.25) is 5.02 Å². The van der Waals surface area contributed by atoms with Gasteiger partial charge in [-0.25, -0.2) is 0 Å². The normalized spacial score (nSPS) is 16.9. The minimum absolute atomic E-state index is 0.544. The molecule has 104 valence electrons. The fourth-order valence-electron chi connectivity index (χ4n) is 2.79. The minimum atomic E-state index is 0.544. The predicted molar refractivity (Wildman–Crippen MR) is 80.3 cm³/mol. The number of carbonyl (C=O) groups excluding carboxylic acids is 1. The first-order valence-electron chi connectivity index (χ1n) is 6.75. The third-order valence-electron chi connectivity index (χ3n) is 3.73. The summed E-state index contributed by atoms with van der Waals surface area (Å²) in [4.78, 5) is 15.7. The Kier molecular flexibility index (Phi) is 4.83. The van der Waals surface area contributed by atoms with Crippen molar-refractivity contribution < 1.29 is 4.79 Å². The van der Waals surface area contributed by atoms with E-state index in [0.29, 0.717) is 10.6 Å². The highest BCUT2D eigenvalue weighted by atomic mass is 35.5. The number of carbonyl (C=O) groups is 1. The molecule has 0 unspecified atom stereocenters. The molecule has 1 aromatic rings. The van der Waals surface area contributed by atoms with E-state index >= 15 is 0 Å². The van der Waals surface area contributed by atoms with Crippen LogP contribution in [0.1, 0.15) is 23.2 Å². The van der Waals surface area contributed by atoms with Crippen molar-refractivity contribution in [2.45, 2.75) is 12.8 Å². The van der Waals surface area contributed by atoms with Crippen LogP contribution in [0.4, 0.5) is 5.69 Å². The lowest BCUT2D eigenvalue weighted by atomic mass is 9.95. The van der Waals surface area contributed by atoms with Gasteiger partial charge in [0.25, 0.3) is 0 Å². The van der Waals surface area contributed by atoms with Gasteiger partial charge in [-0.2, -0.15) is 0 Å². The first kappa shape index (κ1) is 14.4. The number of nitrogens with zero attached hydrogens (tertiary/aromatic N) is 2. The zero-order valence-electron chi connectivity index (χ0n) is 11.6. The van der Waals surface area contributed by atoms with E-state index in [0.717, 1.165) is 37.5 Å². The van der Waals surface area contributed by atoms with Gasteiger partial charge < -0.3 is 9.80 Å². The van der Waals surface area contributed by atoms with Gasteiger partial charge in [-0.05, 0) is 45.0 Å². The standard InChI is InChI=1S/C15H21ClN2O/c1-17(2)10-12-6-8-18(9-7-12)15-5-3-4-14(16)13(15)11-19/h3-5,11-12H,6-10H2,1-2H3. The highest BCUT2D eigenvalue weighted by Crippen LogP contribution is 2.29. The third-order valence-corrected chi connectivity index (χ3v) is 4.06. The predicted octanol–water partition coefficient (Wildman–Crippen LogP) is 2.93. The van der Waals surface area contributed by atoms with E-state index in [1.54, 1.807) is 6.07 Å². The molecule has 0 radical (unpaired) electrons. The fourth-order valence-corrected chi connectivity index (χ4v) is 3.00. The van der Waals surface area contributed by atoms with Crippen molar-refractivity contribution in [2.75, 3.05) is 38.6 Å². The van der Waals surface area contributed by atoms with Gasteiger partial charge in [0.15, 0.2) is 6.29 Å². The molecular formula is C15H21ClN2O. The summed E-state index contributed by atoms with van der Waals surface area (Å²) in [5.41, 5.74) is 1.60. The summed E-state index contributed by atoms with van der Waals surface area (Å²) in [6.45, 7) is 3.14. The van der Waals surface area contributed by atoms with E-state index in [2.05, 4.69) is 23.9 Å². The maximum Gasteiger partial charge on any atom is 0.153 e. The van der Waals surface area contributed by atoms with Crippen LogP contribution in [0.25, 0.3) is 0 Å². The van der Waals surface area contributed by atoms with E-state index in [1.807, 2.05) is 12.1 Å². The molecule has 4 heteroatoms. The van der Waals surface area contributed by atoms with Crippen LogP contribution < -0.4 is 4.90 Å². The van der Waals surface area contributed by atoms with E-state index < -0.39 is 0 Å². The highest BCUT2D eigenvalue weighted by Gasteiger charge is 2.21. The summed E-state index contributed by atoms with van der Waals surface area (Å²) in [7, 11) is 4.24. The monoisotopic (exact) mass is 280 g/mol. The van der Waals surface area contributed by atoms with Crippen LogP contribution in [0.15, 0.2) is 18.2 Å². The number of hydrogen-bond acceptors (Lipinski definition) is 3. The summed E-state index contributed by atoms with van der Waals surface area (Å²) >= 11 is 6.08. The van der Waals surface area contributed by atoms with Crippen LogP contribution in [-0.2, 0) is 0 Å². The molecule has 0 saturated carbocycles. The van der Waals surface area contributed by atoms with Crippen LogP contribution in [0.5, 0.6) is 0 Å². The topological polar surface area (TPSA) is 23.6 Å². The maximum atomic E-state index is 11.2. The first-order chi connectivity index (χ1) is 9.11. The van der Waals surface area contributed by atoms with Crippen molar-refractivity contribution in [3.8, 4) is 0 Å². The molecule has 19 heavy (non-hydrogen) atoms. The molecule has 1 heterocycles. The second-order valence-corrected chi connectivity index (χ2v) is 5.89. The Balaban J connectivity index is 2.05. The zero-order valence-corrected chi connectivity index (χ0v) is 12.4. The Morgan fingerprint density at radius 1 is 1.37 bits per heavy atom. The molecule has 0 aromatic heterocycles. The lowest BCUT2D eigenvalue weighted by Gasteiger charge is -2.35. The molecule has 0 amide bonds. The average Bonchev–Trinajstić information content (AvgIpc) is 2.38. The van der Waals surface area contributed by atoms with E-state index in [1.165, 1.54) is 12.8 Å². The molecule has 1 aromatic carbocycles. The Bertz CT molecular complexity index is 440. The Labute approximate surface area is 120 Å². The molecule has 1 saturated heterocycles. The average molecular weight is 281 g/mol. The first-order valence-corrected chi connectivity index (χ1v) is 7.13. The van der Waals surface area contributed by atoms with Gasteiger partial charge in [0.05, 0.1) is 10.6 Å². The van der Waals surface area contributed by atoms with Crippen LogP contribution in [0.3, 0.4) is 0 Å². The van der Waals surface area contributed by atoms with Gasteiger partial charge in [-0.3, -0.25) is 4.79 Å². The number of benzene rings is 1. The molecule has 1 aliphatic heterocycles. The summed E-state index contributed by atoms with van der Waals surface area (Å²) in [6.07, 6.45) is 3.20. The van der Waals surface area contributed by atoms with Gasteiger partial charge >= 0.3 is 0 Å². The summed E-state index contributed by atoms with van der Waals surface area (Å²) in [6, 6.07) is 5.67. The number of aldehydes is 1. The Morgan fingerprint density at radius 2 is 2.05 bits per heavy atom. The minimum Gasteiger partial charge on any atom is -0.371 e. The van der Waals surface area contributed by atoms with E-state index in [4.69, 9.17) is 11.6 Å². The molecule has 0 spiro atoms. The van der Waals surface area contributed by atoms with Crippen LogP contribution in [-0.4, -0.2) is 44.9 Å². The number of hydrogen-bond donors (Lipinski definition) is 0. The van der Waals surface area contributed by atoms with Gasteiger partial charge in [-0.1, -0.05) is 17.7 Å². The Morgan fingerprint density at radius 3 is 2.63 bits per heavy atom. The lowest BCUT2D eigenvalue weighted by molar-refractivity contribution is 0.112. The fraction of sp³-hybridized carbons (Fsp3) is 0.533. The Hall–Kier alpha value is -1.06. The van der Waals surface area contributed by atoms with Crippen molar-refractivity contribution in [1.82, 2.24) is 4.90 Å². The molecule has 0 N–H and O–H groups in total. The smallest absolute Gasteiger partial charge is 0.153 e. The molecule has 0 atom stereocenters. The van der Waals surface area contributed by atoms with Gasteiger partial charge in [0.2, 0.25) is 0 Å². The number of piperidine rings is 1. The maximum absolute atomic E-state index is 11.2. The van der Waals surface area contributed by atoms with Gasteiger partial charge in [-0.15, -0.1) is 0 Å². The molecule has 0 bridgehead atoms. The molecule has 1 aliphatic rings. The molecule has 2 rings (SSSR count). The third kappa shape index (κ3) is 3.48. The van der Waals surface area contributed by atoms with Crippen molar-refractivity contribution >= 4 is 23.6 Å². The van der Waals surface area contributed by atoms with Crippen LogP contribution >= 0.6 is 11.6 Å². The van der Waals surface area contributed by atoms with Crippen molar-refractivity contribution in [1.29, 1.82) is 0 Å². The van der Waals surface area contributed by atoms with E-state index in [9.17, 15) is 4.79 Å². The zero-order chi connectivity index (χ0) is 13.8.